The van der Waals surface area contributed by atoms with E-state index in [0.29, 0.717) is 30.0 Å². The first-order chi connectivity index (χ1) is 16.8. The van der Waals surface area contributed by atoms with Crippen molar-refractivity contribution in [1.82, 2.24) is 4.98 Å². The topological polar surface area (TPSA) is 69.5 Å². The molecule has 1 aliphatic carbocycles. The van der Waals surface area contributed by atoms with Crippen LogP contribution in [-0.2, 0) is 11.0 Å². The number of halogens is 3. The number of thiocarbonyl (C=S) groups is 1. The summed E-state index contributed by atoms with van der Waals surface area (Å²) in [7, 11) is 0. The van der Waals surface area contributed by atoms with Crippen LogP contribution in [0.1, 0.15) is 30.5 Å². The van der Waals surface area contributed by atoms with Crippen LogP contribution < -0.4 is 14.5 Å². The van der Waals surface area contributed by atoms with E-state index in [1.807, 2.05) is 18.2 Å². The van der Waals surface area contributed by atoms with Crippen molar-refractivity contribution in [2.75, 3.05) is 9.80 Å². The standard InChI is InChI=1S/C25H17F3N4O2S/c26-25(27,28)18-13-16(15-30-19(18)14-29)31-22(33)24(11-6-12-24)32(23(31)35)20-9-4-5-10-21(20)34-17-7-2-1-3-8-17/h1-5,7-10,13,15H,6,11-12H2. The molecule has 0 unspecified atom stereocenters. The number of hydrogen-bond donors (Lipinski definition) is 0. The molecule has 2 aromatic carbocycles. The summed E-state index contributed by atoms with van der Waals surface area (Å²) in [6.45, 7) is 0. The Kier molecular flexibility index (Phi) is 5.44. The van der Waals surface area contributed by atoms with E-state index in [1.165, 1.54) is 6.07 Å². The molecule has 6 nitrogen and oxygen atoms in total. The minimum absolute atomic E-state index is 0.0263. The van der Waals surface area contributed by atoms with Gasteiger partial charge in [-0.25, -0.2) is 4.98 Å². The fourth-order valence-corrected chi connectivity index (χ4v) is 4.87. The molecule has 0 radical (unpaired) electrons. The minimum atomic E-state index is -4.82. The van der Waals surface area contributed by atoms with E-state index in [9.17, 15) is 18.0 Å². The summed E-state index contributed by atoms with van der Waals surface area (Å²) in [6.07, 6.45) is -2.02. The highest BCUT2D eigenvalue weighted by atomic mass is 32.1. The van der Waals surface area contributed by atoms with Crippen molar-refractivity contribution in [3.63, 3.8) is 0 Å². The number of anilines is 2. The highest BCUT2D eigenvalue weighted by Gasteiger charge is 2.60. The fraction of sp³-hybridized carbons (Fsp3) is 0.200. The maximum absolute atomic E-state index is 13.7. The molecular formula is C25H17F3N4O2S. The largest absolute Gasteiger partial charge is 0.455 e. The van der Waals surface area contributed by atoms with E-state index in [0.717, 1.165) is 23.6 Å². The molecule has 3 aromatic rings. The van der Waals surface area contributed by atoms with Gasteiger partial charge in [-0.3, -0.25) is 14.6 Å². The minimum Gasteiger partial charge on any atom is -0.455 e. The first-order valence-corrected chi connectivity index (χ1v) is 11.1. The molecule has 0 atom stereocenters. The van der Waals surface area contributed by atoms with E-state index in [1.54, 1.807) is 41.3 Å². The van der Waals surface area contributed by atoms with Crippen LogP contribution >= 0.6 is 12.2 Å². The summed E-state index contributed by atoms with van der Waals surface area (Å²) < 4.78 is 46.8. The number of nitriles is 1. The lowest BCUT2D eigenvalue weighted by atomic mass is 9.75. The number of pyridine rings is 1. The molecule has 1 saturated carbocycles. The van der Waals surface area contributed by atoms with Crippen LogP contribution in [0.25, 0.3) is 0 Å². The summed E-state index contributed by atoms with van der Waals surface area (Å²) >= 11 is 5.68. The Morgan fingerprint density at radius 2 is 1.77 bits per heavy atom. The number of carbonyl (C=O) groups excluding carboxylic acids is 1. The van der Waals surface area contributed by atoms with Gasteiger partial charge in [-0.15, -0.1) is 0 Å². The third-order valence-electron chi connectivity index (χ3n) is 6.21. The van der Waals surface area contributed by atoms with Crippen molar-refractivity contribution in [1.29, 1.82) is 5.26 Å². The Bertz CT molecular complexity index is 1370. The Morgan fingerprint density at radius 3 is 2.40 bits per heavy atom. The van der Waals surface area contributed by atoms with Crippen LogP contribution in [0.2, 0.25) is 0 Å². The smallest absolute Gasteiger partial charge is 0.419 e. The zero-order valence-electron chi connectivity index (χ0n) is 18.1. The van der Waals surface area contributed by atoms with E-state index in [-0.39, 0.29) is 10.8 Å². The molecule has 0 bridgehead atoms. The SMILES string of the molecule is N#Cc1ncc(N2C(=O)C3(CCC3)N(c3ccccc3Oc3ccccc3)C2=S)cc1C(F)(F)F. The second-order valence-corrected chi connectivity index (χ2v) is 8.59. The predicted molar refractivity (Wildman–Crippen MR) is 126 cm³/mol. The molecular weight excluding hydrogens is 477 g/mol. The molecule has 1 saturated heterocycles. The third-order valence-corrected chi connectivity index (χ3v) is 6.58. The summed E-state index contributed by atoms with van der Waals surface area (Å²) in [5, 5.41) is 9.10. The Labute approximate surface area is 204 Å². The number of nitrogens with zero attached hydrogens (tertiary/aromatic N) is 4. The molecule has 0 N–H and O–H groups in total. The first-order valence-electron chi connectivity index (χ1n) is 10.7. The normalized spacial score (nSPS) is 16.9. The lowest BCUT2D eigenvalue weighted by Gasteiger charge is -2.43. The van der Waals surface area contributed by atoms with Crippen molar-refractivity contribution in [3.8, 4) is 17.6 Å². The quantitative estimate of drug-likeness (QED) is 0.426. The summed E-state index contributed by atoms with van der Waals surface area (Å²) in [6, 6.07) is 18.4. The molecule has 176 valence electrons. The van der Waals surface area contributed by atoms with Gasteiger partial charge in [0.15, 0.2) is 16.6 Å². The van der Waals surface area contributed by atoms with Crippen LogP contribution in [0, 0.1) is 11.3 Å². The van der Waals surface area contributed by atoms with Crippen LogP contribution in [0.5, 0.6) is 11.5 Å². The molecule has 2 fully saturated rings. The Morgan fingerprint density at radius 1 is 1.09 bits per heavy atom. The van der Waals surface area contributed by atoms with Gasteiger partial charge in [0, 0.05) is 0 Å². The molecule has 35 heavy (non-hydrogen) atoms. The number of carbonyl (C=O) groups is 1. The van der Waals surface area contributed by atoms with Crippen LogP contribution in [0.4, 0.5) is 24.5 Å². The van der Waals surface area contributed by atoms with Gasteiger partial charge in [0.25, 0.3) is 5.91 Å². The second-order valence-electron chi connectivity index (χ2n) is 8.23. The zero-order valence-corrected chi connectivity index (χ0v) is 18.9. The van der Waals surface area contributed by atoms with Gasteiger partial charge >= 0.3 is 6.18 Å². The number of hydrogen-bond acceptors (Lipinski definition) is 5. The zero-order chi connectivity index (χ0) is 24.8. The number of benzene rings is 2. The van der Waals surface area contributed by atoms with E-state index < -0.39 is 28.9 Å². The van der Waals surface area contributed by atoms with Crippen molar-refractivity contribution >= 4 is 34.6 Å². The van der Waals surface area contributed by atoms with Gasteiger partial charge in [0.05, 0.1) is 23.1 Å². The van der Waals surface area contributed by atoms with Gasteiger partial charge in [0.2, 0.25) is 0 Å². The van der Waals surface area contributed by atoms with E-state index >= 15 is 0 Å². The summed E-state index contributed by atoms with van der Waals surface area (Å²) in [4.78, 5) is 20.1. The number of rotatable bonds is 4. The number of ether oxygens (including phenoxy) is 1. The van der Waals surface area contributed by atoms with Crippen LogP contribution in [0.3, 0.4) is 0 Å². The first kappa shape index (κ1) is 22.8. The highest BCUT2D eigenvalue weighted by Crippen LogP contribution is 2.50. The average Bonchev–Trinajstić information content (AvgIpc) is 3.06. The maximum Gasteiger partial charge on any atom is 0.419 e. The molecule has 1 aromatic heterocycles. The number of aromatic nitrogens is 1. The molecule has 5 rings (SSSR count). The van der Waals surface area contributed by atoms with Crippen LogP contribution in [-0.4, -0.2) is 21.5 Å². The molecule has 1 amide bonds. The Balaban J connectivity index is 1.59. The summed E-state index contributed by atoms with van der Waals surface area (Å²) in [5.41, 5.74) is -2.62. The third kappa shape index (κ3) is 3.68. The monoisotopic (exact) mass is 494 g/mol. The Hall–Kier alpha value is -3.97. The van der Waals surface area contributed by atoms with Crippen molar-refractivity contribution < 1.29 is 22.7 Å². The fourth-order valence-electron chi connectivity index (χ4n) is 4.41. The lowest BCUT2D eigenvalue weighted by molar-refractivity contribution is -0.138. The lowest BCUT2D eigenvalue weighted by Crippen LogP contribution is -2.55. The molecule has 2 aliphatic rings. The van der Waals surface area contributed by atoms with Crippen molar-refractivity contribution in [3.05, 3.63) is 78.1 Å². The second kappa shape index (κ2) is 8.36. The van der Waals surface area contributed by atoms with Crippen molar-refractivity contribution in [2.45, 2.75) is 31.0 Å². The van der Waals surface area contributed by atoms with E-state index in [2.05, 4.69) is 4.98 Å². The highest BCUT2D eigenvalue weighted by molar-refractivity contribution is 7.81. The van der Waals surface area contributed by atoms with Crippen molar-refractivity contribution in [2.24, 2.45) is 0 Å². The summed E-state index contributed by atoms with van der Waals surface area (Å²) in [5.74, 6) is 0.612. The average molecular weight is 494 g/mol. The van der Waals surface area contributed by atoms with E-state index in [4.69, 9.17) is 22.2 Å². The molecule has 1 aliphatic heterocycles. The number of amides is 1. The molecule has 1 spiro atoms. The van der Waals surface area contributed by atoms with Gasteiger partial charge in [-0.1, -0.05) is 30.3 Å². The maximum atomic E-state index is 13.7. The van der Waals surface area contributed by atoms with Gasteiger partial charge in [-0.2, -0.15) is 18.4 Å². The van der Waals surface area contributed by atoms with Gasteiger partial charge < -0.3 is 4.74 Å². The molecule has 2 heterocycles. The van der Waals surface area contributed by atoms with Crippen LogP contribution in [0.15, 0.2) is 66.9 Å². The number of alkyl halides is 3. The molecule has 10 heteroatoms. The number of para-hydroxylation sites is 3. The van der Waals surface area contributed by atoms with Gasteiger partial charge in [-0.05, 0) is 61.8 Å². The predicted octanol–water partition coefficient (Wildman–Crippen LogP) is 5.83. The van der Waals surface area contributed by atoms with Gasteiger partial charge in [0.1, 0.15) is 17.4 Å².